The highest BCUT2D eigenvalue weighted by Gasteiger charge is 2.04. The number of aryl methyl sites for hydroxylation is 2. The first-order valence-corrected chi connectivity index (χ1v) is 14.6. The second kappa shape index (κ2) is 19.5. The van der Waals surface area contributed by atoms with Crippen molar-refractivity contribution in [1.29, 1.82) is 0 Å². The van der Waals surface area contributed by atoms with Gasteiger partial charge < -0.3 is 0 Å². The summed E-state index contributed by atoms with van der Waals surface area (Å²) >= 11 is 0. The Bertz CT molecular complexity index is 708. The monoisotopic (exact) mass is 465 g/mol. The van der Waals surface area contributed by atoms with Crippen LogP contribution in [0.4, 0.5) is 0 Å². The molecule has 0 aliphatic rings. The van der Waals surface area contributed by atoms with E-state index in [4.69, 9.17) is 0 Å². The molecule has 0 saturated carbocycles. The van der Waals surface area contributed by atoms with E-state index in [0.29, 0.717) is 0 Å². The Balaban J connectivity index is 1.56. The Morgan fingerprint density at radius 3 is 1.41 bits per heavy atom. The first-order valence-electron chi connectivity index (χ1n) is 14.6. The van der Waals surface area contributed by atoms with Gasteiger partial charge in [-0.05, 0) is 43.4 Å². The summed E-state index contributed by atoms with van der Waals surface area (Å²) in [4.78, 5) is 13.9. The minimum atomic E-state index is 0.790. The molecule has 3 heteroatoms. The van der Waals surface area contributed by atoms with Crippen molar-refractivity contribution in [3.63, 3.8) is 0 Å². The van der Waals surface area contributed by atoms with Crippen molar-refractivity contribution >= 4 is 0 Å². The first-order chi connectivity index (χ1) is 16.8. The minimum absolute atomic E-state index is 0.790. The van der Waals surface area contributed by atoms with Gasteiger partial charge in [-0.2, -0.15) is 0 Å². The largest absolute Gasteiger partial charge is 0.261 e. The van der Waals surface area contributed by atoms with Crippen LogP contribution in [0.25, 0.3) is 11.4 Å². The number of aromatic nitrogens is 3. The molecule has 0 bridgehead atoms. The molecule has 2 aromatic rings. The third-order valence-electron chi connectivity index (χ3n) is 6.89. The zero-order chi connectivity index (χ0) is 24.1. The van der Waals surface area contributed by atoms with E-state index in [9.17, 15) is 0 Å². The number of unbranched alkanes of at least 4 members (excludes halogenated alkanes) is 16. The van der Waals surface area contributed by atoms with Gasteiger partial charge in [0.05, 0.1) is 0 Å². The molecule has 0 fully saturated rings. The fourth-order valence-corrected chi connectivity index (χ4v) is 4.59. The average molecular weight is 466 g/mol. The van der Waals surface area contributed by atoms with Gasteiger partial charge in [0.2, 0.25) is 0 Å². The quantitative estimate of drug-likeness (QED) is 0.172. The molecule has 0 radical (unpaired) electrons. The normalized spacial score (nSPS) is 11.2. The molecule has 0 aliphatic heterocycles. The minimum Gasteiger partial charge on any atom is -0.261 e. The highest BCUT2D eigenvalue weighted by atomic mass is 14.9. The van der Waals surface area contributed by atoms with Gasteiger partial charge in [-0.15, -0.1) is 0 Å². The topological polar surface area (TPSA) is 38.7 Å². The van der Waals surface area contributed by atoms with Gasteiger partial charge in [0.1, 0.15) is 0 Å². The highest BCUT2D eigenvalue weighted by Crippen LogP contribution is 2.17. The number of hydrogen-bond donors (Lipinski definition) is 0. The SMILES string of the molecule is CCCCCCCCCCCCc1ccc(-c2ncc(CCCCCCCCCC)cn2)cn1. The molecule has 2 aromatic heterocycles. The number of rotatable bonds is 21. The molecular weight excluding hydrogens is 414 g/mol. The van der Waals surface area contributed by atoms with E-state index in [1.807, 2.05) is 18.6 Å². The Labute approximate surface area is 210 Å². The zero-order valence-electron chi connectivity index (χ0n) is 22.4. The molecular formula is C31H51N3. The van der Waals surface area contributed by atoms with Crippen LogP contribution in [-0.2, 0) is 12.8 Å². The predicted octanol–water partition coefficient (Wildman–Crippen LogP) is 9.69. The molecule has 34 heavy (non-hydrogen) atoms. The van der Waals surface area contributed by atoms with Crippen molar-refractivity contribution in [2.75, 3.05) is 0 Å². The zero-order valence-corrected chi connectivity index (χ0v) is 22.4. The van der Waals surface area contributed by atoms with Crippen molar-refractivity contribution in [1.82, 2.24) is 15.0 Å². The van der Waals surface area contributed by atoms with Crippen LogP contribution < -0.4 is 0 Å². The number of hydrogen-bond acceptors (Lipinski definition) is 3. The molecule has 0 atom stereocenters. The Morgan fingerprint density at radius 2 is 0.941 bits per heavy atom. The fourth-order valence-electron chi connectivity index (χ4n) is 4.59. The maximum absolute atomic E-state index is 4.67. The van der Waals surface area contributed by atoms with Crippen LogP contribution in [0.15, 0.2) is 30.7 Å². The van der Waals surface area contributed by atoms with Crippen molar-refractivity contribution in [2.24, 2.45) is 0 Å². The summed E-state index contributed by atoms with van der Waals surface area (Å²) in [5.74, 6) is 0.790. The standard InChI is InChI=1S/C31H51N3/c1-3-5-7-9-11-13-14-16-18-20-22-30-24-23-29(27-32-30)31-33-25-28(26-34-31)21-19-17-15-12-10-8-6-4-2/h23-27H,3-22H2,1-2H3. The van der Waals surface area contributed by atoms with Crippen LogP contribution in [-0.4, -0.2) is 15.0 Å². The van der Waals surface area contributed by atoms with E-state index in [2.05, 4.69) is 40.9 Å². The van der Waals surface area contributed by atoms with Crippen LogP contribution >= 0.6 is 0 Å². The Morgan fingerprint density at radius 1 is 0.471 bits per heavy atom. The van der Waals surface area contributed by atoms with Crippen LogP contribution in [0.3, 0.4) is 0 Å². The van der Waals surface area contributed by atoms with Gasteiger partial charge in [0.15, 0.2) is 5.82 Å². The van der Waals surface area contributed by atoms with Crippen LogP contribution in [0.2, 0.25) is 0 Å². The van der Waals surface area contributed by atoms with Crippen LogP contribution in [0, 0.1) is 0 Å². The first kappa shape index (κ1) is 28.5. The van der Waals surface area contributed by atoms with E-state index >= 15 is 0 Å². The summed E-state index contributed by atoms with van der Waals surface area (Å²) in [6.07, 6.45) is 32.7. The molecule has 0 spiro atoms. The molecule has 3 nitrogen and oxygen atoms in total. The molecule has 0 aromatic carbocycles. The summed E-state index contributed by atoms with van der Waals surface area (Å²) in [7, 11) is 0. The summed E-state index contributed by atoms with van der Waals surface area (Å²) < 4.78 is 0. The third kappa shape index (κ3) is 13.2. The lowest BCUT2D eigenvalue weighted by molar-refractivity contribution is 0.555. The Kier molecular flexibility index (Phi) is 16.3. The molecule has 0 aliphatic carbocycles. The second-order valence-electron chi connectivity index (χ2n) is 10.1. The van der Waals surface area contributed by atoms with E-state index in [1.165, 1.54) is 127 Å². The smallest absolute Gasteiger partial charge is 0.160 e. The summed E-state index contributed by atoms with van der Waals surface area (Å²) in [5.41, 5.74) is 3.46. The van der Waals surface area contributed by atoms with E-state index in [1.54, 1.807) is 0 Å². The van der Waals surface area contributed by atoms with E-state index in [0.717, 1.165) is 24.2 Å². The molecule has 0 amide bonds. The van der Waals surface area contributed by atoms with Gasteiger partial charge in [0, 0.05) is 29.8 Å². The summed E-state index contributed by atoms with van der Waals surface area (Å²) in [5, 5.41) is 0. The van der Waals surface area contributed by atoms with E-state index in [-0.39, 0.29) is 0 Å². The van der Waals surface area contributed by atoms with Crippen LogP contribution in [0.5, 0.6) is 0 Å². The van der Waals surface area contributed by atoms with Crippen molar-refractivity contribution in [2.45, 2.75) is 142 Å². The van der Waals surface area contributed by atoms with E-state index < -0.39 is 0 Å². The predicted molar refractivity (Wildman–Crippen MR) is 147 cm³/mol. The summed E-state index contributed by atoms with van der Waals surface area (Å²) in [6.45, 7) is 4.56. The fraction of sp³-hybridized carbons (Fsp3) is 0.710. The van der Waals surface area contributed by atoms with Crippen molar-refractivity contribution < 1.29 is 0 Å². The lowest BCUT2D eigenvalue weighted by Gasteiger charge is -2.05. The van der Waals surface area contributed by atoms with Crippen LogP contribution in [0.1, 0.15) is 141 Å². The van der Waals surface area contributed by atoms with Gasteiger partial charge in [-0.1, -0.05) is 117 Å². The highest BCUT2D eigenvalue weighted by molar-refractivity contribution is 5.53. The molecule has 190 valence electrons. The molecule has 2 heterocycles. The lowest BCUT2D eigenvalue weighted by atomic mass is 10.0. The third-order valence-corrected chi connectivity index (χ3v) is 6.89. The van der Waals surface area contributed by atoms with Crippen molar-refractivity contribution in [3.8, 4) is 11.4 Å². The van der Waals surface area contributed by atoms with Gasteiger partial charge in [-0.3, -0.25) is 4.98 Å². The second-order valence-corrected chi connectivity index (χ2v) is 10.1. The van der Waals surface area contributed by atoms with Gasteiger partial charge >= 0.3 is 0 Å². The molecule has 0 N–H and O–H groups in total. The maximum Gasteiger partial charge on any atom is 0.160 e. The lowest BCUT2D eigenvalue weighted by Crippen LogP contribution is -1.95. The molecule has 2 rings (SSSR count). The number of pyridine rings is 1. The van der Waals surface area contributed by atoms with Gasteiger partial charge in [-0.25, -0.2) is 9.97 Å². The average Bonchev–Trinajstić information content (AvgIpc) is 2.87. The number of nitrogens with zero attached hydrogens (tertiary/aromatic N) is 3. The van der Waals surface area contributed by atoms with Gasteiger partial charge in [0.25, 0.3) is 0 Å². The Hall–Kier alpha value is -1.77. The molecule has 0 saturated heterocycles. The van der Waals surface area contributed by atoms with Crippen molar-refractivity contribution in [3.05, 3.63) is 42.0 Å². The summed E-state index contributed by atoms with van der Waals surface area (Å²) in [6, 6.07) is 4.28. The molecule has 0 unspecified atom stereocenters. The maximum atomic E-state index is 4.67.